The van der Waals surface area contributed by atoms with Gasteiger partial charge in [-0.2, -0.15) is 0 Å². The van der Waals surface area contributed by atoms with Gasteiger partial charge in [0.05, 0.1) is 23.0 Å². The highest BCUT2D eigenvalue weighted by Gasteiger charge is 2.26. The molecule has 0 bridgehead atoms. The van der Waals surface area contributed by atoms with Gasteiger partial charge in [0.25, 0.3) is 31.9 Å². The number of carbonyl (C=O) groups is 2. The molecule has 0 aliphatic carbocycles. The van der Waals surface area contributed by atoms with Crippen molar-refractivity contribution < 1.29 is 40.0 Å². The van der Waals surface area contributed by atoms with E-state index >= 15 is 0 Å². The molecule has 3 heterocycles. The number of morpholine rings is 1. The maximum atomic E-state index is 13.3. The first-order chi connectivity index (χ1) is 34.7. The second kappa shape index (κ2) is 21.5. The van der Waals surface area contributed by atoms with E-state index in [-0.39, 0.29) is 44.0 Å². The molecule has 380 valence electrons. The fraction of sp³-hybridized carbons (Fsp3) is 0.263. The molecule has 1 fully saturated rings. The molecule has 16 heteroatoms. The lowest BCUT2D eigenvalue weighted by Crippen LogP contribution is -2.41. The SMILES string of the molecule is CC(C)(C)c1ccc(S(=O)(=O)Nc2ccc3oc(C(=O)NCCN4CCOCC4)c(-c4ccccc4)c3c2)cc1.CNC(=O)c1oc2ccc(NS(=O)(=O)c3ccc(C(C)(C)C)cc3)cc2c1-c1ccccc1. The van der Waals surface area contributed by atoms with E-state index < -0.39 is 20.0 Å². The zero-order chi connectivity index (χ0) is 52.1. The van der Waals surface area contributed by atoms with Gasteiger partial charge in [-0.1, -0.05) is 126 Å². The van der Waals surface area contributed by atoms with E-state index in [2.05, 4.69) is 66.5 Å². The van der Waals surface area contributed by atoms with Crippen molar-refractivity contribution in [3.05, 3.63) is 168 Å². The predicted molar refractivity (Wildman–Crippen MR) is 288 cm³/mol. The quantitative estimate of drug-likeness (QED) is 0.0865. The fourth-order valence-corrected chi connectivity index (χ4v) is 10.6. The van der Waals surface area contributed by atoms with Crippen LogP contribution in [-0.4, -0.2) is 80.0 Å². The summed E-state index contributed by atoms with van der Waals surface area (Å²) in [7, 11) is -6.09. The number of nitrogens with zero attached hydrogens (tertiary/aromatic N) is 1. The number of furan rings is 2. The molecule has 0 atom stereocenters. The number of carbonyl (C=O) groups excluding carboxylic acids is 2. The van der Waals surface area contributed by atoms with Crippen molar-refractivity contribution in [3.63, 3.8) is 0 Å². The van der Waals surface area contributed by atoms with E-state index in [1.807, 2.05) is 84.9 Å². The number of benzene rings is 6. The smallest absolute Gasteiger partial charge is 0.287 e. The normalized spacial score (nSPS) is 13.5. The number of hydrogen-bond acceptors (Lipinski definition) is 10. The van der Waals surface area contributed by atoms with Gasteiger partial charge in [-0.15, -0.1) is 0 Å². The molecule has 1 aliphatic rings. The molecule has 14 nitrogen and oxygen atoms in total. The van der Waals surface area contributed by atoms with Crippen molar-refractivity contribution in [2.24, 2.45) is 0 Å². The predicted octanol–water partition coefficient (Wildman–Crippen LogP) is 10.8. The fourth-order valence-electron chi connectivity index (χ4n) is 8.47. The second-order valence-corrected chi connectivity index (χ2v) is 23.2. The van der Waals surface area contributed by atoms with Crippen LogP contribution in [0.2, 0.25) is 0 Å². The maximum absolute atomic E-state index is 13.3. The maximum Gasteiger partial charge on any atom is 0.287 e. The Morgan fingerprint density at radius 1 is 0.548 bits per heavy atom. The lowest BCUT2D eigenvalue weighted by Gasteiger charge is -2.26. The summed E-state index contributed by atoms with van der Waals surface area (Å²) in [4.78, 5) is 28.3. The third-order valence-electron chi connectivity index (χ3n) is 12.5. The summed E-state index contributed by atoms with van der Waals surface area (Å²) in [5.41, 5.74) is 6.53. The van der Waals surface area contributed by atoms with E-state index in [9.17, 15) is 26.4 Å². The number of hydrogen-bond donors (Lipinski definition) is 4. The number of ether oxygens (including phenoxy) is 1. The lowest BCUT2D eigenvalue weighted by atomic mass is 9.87. The first kappa shape index (κ1) is 52.1. The van der Waals surface area contributed by atoms with Crippen molar-refractivity contribution in [3.8, 4) is 22.3 Å². The molecule has 73 heavy (non-hydrogen) atoms. The largest absolute Gasteiger partial charge is 0.450 e. The number of amides is 2. The molecule has 0 radical (unpaired) electrons. The molecule has 0 saturated carbocycles. The van der Waals surface area contributed by atoms with Gasteiger partial charge < -0.3 is 24.2 Å². The van der Waals surface area contributed by atoms with E-state index in [1.165, 1.54) is 7.05 Å². The number of nitrogens with one attached hydrogen (secondary N) is 4. The van der Waals surface area contributed by atoms with E-state index in [0.717, 1.165) is 41.9 Å². The van der Waals surface area contributed by atoms with Crippen LogP contribution in [-0.2, 0) is 35.6 Å². The standard InChI is InChI=1S/C31H35N3O5S.C26H26N2O4S/c1-31(2,3)23-9-12-25(13-10-23)40(36,37)33-24-11-14-27-26(21-24)28(22-7-5-4-6-8-22)29(39-27)30(35)32-15-16-34-17-19-38-20-18-34;1-26(2,3)18-10-13-20(14-11-18)33(30,31)28-19-12-15-22-21(16-19)23(17-8-6-5-7-9-17)24(32-22)25(29)27-4/h4-14,21,33H,15-20H2,1-3H3,(H,32,35);5-16,28H,1-4H3,(H,27,29). The number of anilines is 2. The van der Waals surface area contributed by atoms with Crippen molar-refractivity contribution in [1.29, 1.82) is 0 Å². The van der Waals surface area contributed by atoms with Crippen LogP contribution in [0.15, 0.2) is 164 Å². The summed E-state index contributed by atoms with van der Waals surface area (Å²) in [5, 5.41) is 6.87. The average Bonchev–Trinajstić information content (AvgIpc) is 3.95. The summed E-state index contributed by atoms with van der Waals surface area (Å²) in [6.45, 7) is 16.7. The molecule has 6 aromatic carbocycles. The van der Waals surface area contributed by atoms with Crippen LogP contribution in [0.4, 0.5) is 11.4 Å². The summed E-state index contributed by atoms with van der Waals surface area (Å²) in [5.74, 6) is -0.298. The Morgan fingerprint density at radius 2 is 0.959 bits per heavy atom. The first-order valence-corrected chi connectivity index (χ1v) is 27.0. The van der Waals surface area contributed by atoms with Crippen molar-refractivity contribution >= 4 is 65.2 Å². The topological polar surface area (TPSA) is 189 Å². The minimum atomic E-state index is -3.83. The second-order valence-electron chi connectivity index (χ2n) is 19.8. The Hall–Kier alpha value is -7.24. The van der Waals surface area contributed by atoms with Crippen LogP contribution in [0.3, 0.4) is 0 Å². The van der Waals surface area contributed by atoms with Crippen molar-refractivity contribution in [2.75, 3.05) is 55.9 Å². The van der Waals surface area contributed by atoms with Crippen molar-refractivity contribution in [1.82, 2.24) is 15.5 Å². The number of sulfonamides is 2. The zero-order valence-electron chi connectivity index (χ0n) is 42.0. The molecule has 4 N–H and O–H groups in total. The lowest BCUT2D eigenvalue weighted by molar-refractivity contribution is 0.0382. The summed E-state index contributed by atoms with van der Waals surface area (Å²) in [6.07, 6.45) is 0. The Morgan fingerprint density at radius 3 is 1.36 bits per heavy atom. The highest BCUT2D eigenvalue weighted by Crippen LogP contribution is 2.39. The van der Waals surface area contributed by atoms with Gasteiger partial charge in [0.15, 0.2) is 0 Å². The minimum absolute atomic E-state index is 0.0711. The first-order valence-electron chi connectivity index (χ1n) is 24.0. The summed E-state index contributed by atoms with van der Waals surface area (Å²) in [6, 6.07) is 42.7. The minimum Gasteiger partial charge on any atom is -0.450 e. The number of fused-ring (bicyclic) bond motifs is 2. The molecular formula is C57H61N5O9S2. The van der Waals surface area contributed by atoms with Crippen LogP contribution in [0.1, 0.15) is 73.8 Å². The Labute approximate surface area is 427 Å². The Kier molecular flexibility index (Phi) is 15.3. The molecule has 2 amide bonds. The average molecular weight is 1020 g/mol. The molecule has 1 aliphatic heterocycles. The third-order valence-corrected chi connectivity index (χ3v) is 15.3. The van der Waals surface area contributed by atoms with Crippen LogP contribution in [0.5, 0.6) is 0 Å². The molecular weight excluding hydrogens is 963 g/mol. The van der Waals surface area contributed by atoms with Gasteiger partial charge in [0.1, 0.15) is 11.2 Å². The van der Waals surface area contributed by atoms with Gasteiger partial charge in [0, 0.05) is 66.5 Å². The van der Waals surface area contributed by atoms with Gasteiger partial charge in [-0.25, -0.2) is 16.8 Å². The molecule has 8 aromatic rings. The van der Waals surface area contributed by atoms with E-state index in [1.54, 1.807) is 60.7 Å². The third kappa shape index (κ3) is 12.2. The van der Waals surface area contributed by atoms with Crippen LogP contribution in [0, 0.1) is 0 Å². The van der Waals surface area contributed by atoms with Crippen molar-refractivity contribution in [2.45, 2.75) is 62.2 Å². The summed E-state index contributed by atoms with van der Waals surface area (Å²) >= 11 is 0. The van der Waals surface area contributed by atoms with Gasteiger partial charge in [-0.3, -0.25) is 23.9 Å². The highest BCUT2D eigenvalue weighted by atomic mass is 32.2. The summed E-state index contributed by atoms with van der Waals surface area (Å²) < 4.78 is 75.0. The van der Waals surface area contributed by atoms with Crippen LogP contribution >= 0.6 is 0 Å². The Bertz CT molecular complexity index is 3460. The number of rotatable bonds is 13. The van der Waals surface area contributed by atoms with Crippen LogP contribution in [0.25, 0.3) is 44.2 Å². The monoisotopic (exact) mass is 1020 g/mol. The van der Waals surface area contributed by atoms with Crippen LogP contribution < -0.4 is 20.1 Å². The molecule has 1 saturated heterocycles. The van der Waals surface area contributed by atoms with E-state index in [4.69, 9.17) is 13.6 Å². The molecule has 0 unspecified atom stereocenters. The molecule has 9 rings (SSSR count). The molecule has 2 aromatic heterocycles. The van der Waals surface area contributed by atoms with Gasteiger partial charge >= 0.3 is 0 Å². The Balaban J connectivity index is 0.000000199. The van der Waals surface area contributed by atoms with E-state index in [0.29, 0.717) is 64.2 Å². The van der Waals surface area contributed by atoms with Gasteiger partial charge in [0.2, 0.25) is 11.5 Å². The highest BCUT2D eigenvalue weighted by molar-refractivity contribution is 7.93. The van der Waals surface area contributed by atoms with Gasteiger partial charge in [-0.05, 0) is 93.7 Å². The molecule has 0 spiro atoms. The zero-order valence-corrected chi connectivity index (χ0v) is 43.7.